The highest BCUT2D eigenvalue weighted by molar-refractivity contribution is 5.53. The van der Waals surface area contributed by atoms with Crippen LogP contribution in [0.15, 0.2) is 30.3 Å². The molecule has 1 aliphatic rings. The van der Waals surface area contributed by atoms with Crippen LogP contribution in [0.4, 0.5) is 0 Å². The Kier molecular flexibility index (Phi) is 4.40. The first-order valence-electron chi connectivity index (χ1n) is 7.54. The quantitative estimate of drug-likeness (QED) is 0.895. The molecule has 0 bridgehead atoms. The molecule has 0 aliphatic carbocycles. The first-order valence-corrected chi connectivity index (χ1v) is 7.54. The van der Waals surface area contributed by atoms with Gasteiger partial charge in [-0.05, 0) is 17.7 Å². The predicted molar refractivity (Wildman–Crippen MR) is 87.3 cm³/mol. The number of phenolic OH excluding ortho intramolecular Hbond substituents is 1. The van der Waals surface area contributed by atoms with E-state index in [1.54, 1.807) is 38.5 Å². The molecule has 24 heavy (non-hydrogen) atoms. The fraction of sp³-hybridized carbons (Fsp3) is 0.333. The lowest BCUT2D eigenvalue weighted by Gasteiger charge is -2.32. The second-order valence-electron chi connectivity index (χ2n) is 5.55. The number of methoxy groups -OCH3 is 3. The van der Waals surface area contributed by atoms with Crippen LogP contribution in [0.25, 0.3) is 0 Å². The van der Waals surface area contributed by atoms with Crippen LogP contribution in [-0.4, -0.2) is 37.6 Å². The van der Waals surface area contributed by atoms with Gasteiger partial charge in [0.2, 0.25) is 0 Å². The Hall–Kier alpha value is -2.60. The zero-order valence-corrected chi connectivity index (χ0v) is 13.8. The SMILES string of the molecule is COc1cc(OC)c2c(c1)O[C@H](c1ccc(OC)c(O)c1)[C@@H](O)C2. The molecule has 1 heterocycles. The minimum atomic E-state index is -0.771. The summed E-state index contributed by atoms with van der Waals surface area (Å²) in [6.45, 7) is 0. The highest BCUT2D eigenvalue weighted by Crippen LogP contribution is 2.43. The van der Waals surface area contributed by atoms with Crippen LogP contribution in [0.1, 0.15) is 17.2 Å². The second-order valence-corrected chi connectivity index (χ2v) is 5.55. The van der Waals surface area contributed by atoms with Gasteiger partial charge in [-0.15, -0.1) is 0 Å². The normalized spacial score (nSPS) is 19.2. The molecule has 6 heteroatoms. The minimum absolute atomic E-state index is 0.000167. The topological polar surface area (TPSA) is 77.4 Å². The number of phenols is 1. The molecule has 0 unspecified atom stereocenters. The lowest BCUT2D eigenvalue weighted by atomic mass is 9.94. The summed E-state index contributed by atoms with van der Waals surface area (Å²) < 4.78 is 21.7. The van der Waals surface area contributed by atoms with E-state index in [2.05, 4.69) is 0 Å². The molecule has 2 N–H and O–H groups in total. The van der Waals surface area contributed by atoms with Gasteiger partial charge in [0.25, 0.3) is 0 Å². The van der Waals surface area contributed by atoms with Gasteiger partial charge in [0.05, 0.1) is 27.4 Å². The summed E-state index contributed by atoms with van der Waals surface area (Å²) in [6, 6.07) is 8.46. The van der Waals surface area contributed by atoms with Gasteiger partial charge in [0, 0.05) is 24.1 Å². The Balaban J connectivity index is 1.98. The molecule has 2 atom stereocenters. The maximum Gasteiger partial charge on any atom is 0.160 e. The van der Waals surface area contributed by atoms with E-state index in [9.17, 15) is 10.2 Å². The maximum atomic E-state index is 10.5. The van der Waals surface area contributed by atoms with Gasteiger partial charge in [-0.3, -0.25) is 0 Å². The highest BCUT2D eigenvalue weighted by atomic mass is 16.5. The number of ether oxygens (including phenoxy) is 4. The average Bonchev–Trinajstić information content (AvgIpc) is 2.60. The van der Waals surface area contributed by atoms with E-state index in [0.29, 0.717) is 35.0 Å². The van der Waals surface area contributed by atoms with Gasteiger partial charge < -0.3 is 29.2 Å². The number of aliphatic hydroxyl groups is 1. The molecule has 0 saturated carbocycles. The van der Waals surface area contributed by atoms with Crippen molar-refractivity contribution in [2.45, 2.75) is 18.6 Å². The van der Waals surface area contributed by atoms with Crippen molar-refractivity contribution in [1.29, 1.82) is 0 Å². The van der Waals surface area contributed by atoms with Crippen molar-refractivity contribution in [1.82, 2.24) is 0 Å². The molecule has 1 aliphatic heterocycles. The van der Waals surface area contributed by atoms with Gasteiger partial charge in [-0.2, -0.15) is 0 Å². The van der Waals surface area contributed by atoms with E-state index in [4.69, 9.17) is 18.9 Å². The number of hydrogen-bond donors (Lipinski definition) is 2. The number of hydrogen-bond acceptors (Lipinski definition) is 6. The van der Waals surface area contributed by atoms with Crippen LogP contribution in [0, 0.1) is 0 Å². The summed E-state index contributed by atoms with van der Waals surface area (Å²) in [5, 5.41) is 20.5. The number of benzene rings is 2. The van der Waals surface area contributed by atoms with Crippen molar-refractivity contribution in [3.8, 4) is 28.7 Å². The summed E-state index contributed by atoms with van der Waals surface area (Å²) in [7, 11) is 4.61. The molecule has 0 fully saturated rings. The lowest BCUT2D eigenvalue weighted by molar-refractivity contribution is 0.0197. The molecule has 2 aromatic carbocycles. The number of rotatable bonds is 4. The zero-order valence-electron chi connectivity index (χ0n) is 13.8. The second kappa shape index (κ2) is 6.49. The predicted octanol–water partition coefficient (Wildman–Crippen LogP) is 2.46. The molecule has 0 radical (unpaired) electrons. The molecule has 0 spiro atoms. The van der Waals surface area contributed by atoms with Gasteiger partial charge in [0.15, 0.2) is 11.5 Å². The Morgan fingerprint density at radius 3 is 2.38 bits per heavy atom. The van der Waals surface area contributed by atoms with Crippen LogP contribution in [-0.2, 0) is 6.42 Å². The summed E-state index contributed by atoms with van der Waals surface area (Å²) in [6.07, 6.45) is -1.00. The molecule has 2 aromatic rings. The Morgan fingerprint density at radius 2 is 1.75 bits per heavy atom. The van der Waals surface area contributed by atoms with Gasteiger partial charge in [-0.25, -0.2) is 0 Å². The fourth-order valence-corrected chi connectivity index (χ4v) is 2.91. The molecule has 3 rings (SSSR count). The minimum Gasteiger partial charge on any atom is -0.504 e. The lowest BCUT2D eigenvalue weighted by Crippen LogP contribution is -2.30. The van der Waals surface area contributed by atoms with Crippen LogP contribution < -0.4 is 18.9 Å². The van der Waals surface area contributed by atoms with Crippen molar-refractivity contribution in [2.75, 3.05) is 21.3 Å². The van der Waals surface area contributed by atoms with E-state index < -0.39 is 12.2 Å². The third kappa shape index (κ3) is 2.80. The highest BCUT2D eigenvalue weighted by Gasteiger charge is 2.32. The molecule has 0 aromatic heterocycles. The van der Waals surface area contributed by atoms with Crippen molar-refractivity contribution < 1.29 is 29.2 Å². The number of aliphatic hydroxyl groups excluding tert-OH is 1. The Bertz CT molecular complexity index is 743. The summed E-state index contributed by atoms with van der Waals surface area (Å²) in [4.78, 5) is 0. The van der Waals surface area contributed by atoms with Crippen molar-refractivity contribution in [3.63, 3.8) is 0 Å². The first-order chi connectivity index (χ1) is 11.6. The molecule has 0 saturated heterocycles. The van der Waals surface area contributed by atoms with Crippen molar-refractivity contribution in [3.05, 3.63) is 41.5 Å². The van der Waals surface area contributed by atoms with Crippen LogP contribution >= 0.6 is 0 Å². The third-order valence-electron chi connectivity index (χ3n) is 4.15. The monoisotopic (exact) mass is 332 g/mol. The largest absolute Gasteiger partial charge is 0.504 e. The van der Waals surface area contributed by atoms with E-state index in [1.165, 1.54) is 13.2 Å². The first kappa shape index (κ1) is 16.3. The standard InChI is InChI=1S/C18H20O6/c1-21-11-7-16(23-3)12-9-14(20)18(24-17(12)8-11)10-4-5-15(22-2)13(19)6-10/h4-8,14,18-20H,9H2,1-3H3/t14-,18+/m0/s1. The Labute approximate surface area is 140 Å². The van der Waals surface area contributed by atoms with E-state index in [1.807, 2.05) is 0 Å². The maximum absolute atomic E-state index is 10.5. The zero-order chi connectivity index (χ0) is 17.3. The van der Waals surface area contributed by atoms with Crippen LogP contribution in [0.2, 0.25) is 0 Å². The number of aromatic hydroxyl groups is 1. The van der Waals surface area contributed by atoms with Crippen molar-refractivity contribution >= 4 is 0 Å². The molecular formula is C18H20O6. The van der Waals surface area contributed by atoms with Gasteiger partial charge in [-0.1, -0.05) is 6.07 Å². The summed E-state index contributed by atoms with van der Waals surface area (Å²) in [5.74, 6) is 2.18. The van der Waals surface area contributed by atoms with E-state index in [0.717, 1.165) is 5.56 Å². The average molecular weight is 332 g/mol. The molecule has 6 nitrogen and oxygen atoms in total. The summed E-state index contributed by atoms with van der Waals surface area (Å²) in [5.41, 5.74) is 1.45. The molecule has 0 amide bonds. The number of fused-ring (bicyclic) bond motifs is 1. The van der Waals surface area contributed by atoms with Crippen LogP contribution in [0.3, 0.4) is 0 Å². The third-order valence-corrected chi connectivity index (χ3v) is 4.15. The molecule has 128 valence electrons. The Morgan fingerprint density at radius 1 is 1.00 bits per heavy atom. The van der Waals surface area contributed by atoms with E-state index in [-0.39, 0.29) is 5.75 Å². The molecular weight excluding hydrogens is 312 g/mol. The smallest absolute Gasteiger partial charge is 0.160 e. The van der Waals surface area contributed by atoms with Gasteiger partial charge >= 0.3 is 0 Å². The van der Waals surface area contributed by atoms with E-state index >= 15 is 0 Å². The van der Waals surface area contributed by atoms with Crippen LogP contribution in [0.5, 0.6) is 28.7 Å². The summed E-state index contributed by atoms with van der Waals surface area (Å²) >= 11 is 0. The van der Waals surface area contributed by atoms with Gasteiger partial charge in [0.1, 0.15) is 23.4 Å². The van der Waals surface area contributed by atoms with Crippen molar-refractivity contribution in [2.24, 2.45) is 0 Å². The fourth-order valence-electron chi connectivity index (χ4n) is 2.91.